The predicted molar refractivity (Wildman–Crippen MR) is 63.8 cm³/mol. The molecule has 0 aromatic heterocycles. The molecule has 1 rings (SSSR count). The molecule has 0 radical (unpaired) electrons. The average molecular weight is 259 g/mol. The van der Waals surface area contributed by atoms with Gasteiger partial charge in [0.25, 0.3) is 10.1 Å². The number of nitrogens with one attached hydrogen (secondary N) is 1. The van der Waals surface area contributed by atoms with Crippen LogP contribution in [0.25, 0.3) is 0 Å². The Morgan fingerprint density at radius 1 is 1.44 bits per heavy atom. The van der Waals surface area contributed by atoms with E-state index in [4.69, 9.17) is 10.3 Å². The summed E-state index contributed by atoms with van der Waals surface area (Å²) in [6, 6.07) is 5.48. The van der Waals surface area contributed by atoms with Crippen LogP contribution >= 0.6 is 12.2 Å². The van der Waals surface area contributed by atoms with Crippen LogP contribution in [0, 0.1) is 0 Å². The number of hydrogen-bond donors (Lipinski definition) is 3. The van der Waals surface area contributed by atoms with Gasteiger partial charge in [-0.2, -0.15) is 13.5 Å². The Balaban J connectivity index is 2.80. The Morgan fingerprint density at radius 3 is 2.44 bits per heavy atom. The van der Waals surface area contributed by atoms with Gasteiger partial charge < -0.3 is 5.73 Å². The van der Waals surface area contributed by atoms with Crippen molar-refractivity contribution in [3.8, 4) is 0 Å². The quantitative estimate of drug-likeness (QED) is 0.308. The van der Waals surface area contributed by atoms with Crippen LogP contribution in [0.3, 0.4) is 0 Å². The van der Waals surface area contributed by atoms with Gasteiger partial charge in [-0.3, -0.25) is 9.98 Å². The average Bonchev–Trinajstić information content (AvgIpc) is 2.16. The van der Waals surface area contributed by atoms with Gasteiger partial charge in [0.15, 0.2) is 5.11 Å². The van der Waals surface area contributed by atoms with E-state index in [0.717, 1.165) is 0 Å². The van der Waals surface area contributed by atoms with Crippen molar-refractivity contribution in [1.82, 2.24) is 5.43 Å². The van der Waals surface area contributed by atoms with E-state index in [0.29, 0.717) is 5.56 Å². The van der Waals surface area contributed by atoms with E-state index in [9.17, 15) is 8.42 Å². The zero-order chi connectivity index (χ0) is 12.2. The minimum absolute atomic E-state index is 0.0332. The SMILES string of the molecule is NC(=S)N/N=C/c1ccc(S(=O)(=O)O)cc1. The van der Waals surface area contributed by atoms with Gasteiger partial charge in [-0.1, -0.05) is 12.1 Å². The topological polar surface area (TPSA) is 105 Å². The fraction of sp³-hybridized carbons (Fsp3) is 0. The van der Waals surface area contributed by atoms with Crippen LogP contribution in [-0.4, -0.2) is 24.3 Å². The lowest BCUT2D eigenvalue weighted by molar-refractivity contribution is 0.483. The maximum atomic E-state index is 10.7. The molecule has 0 atom stereocenters. The van der Waals surface area contributed by atoms with Crippen molar-refractivity contribution >= 4 is 33.7 Å². The van der Waals surface area contributed by atoms with Crippen LogP contribution in [0.5, 0.6) is 0 Å². The summed E-state index contributed by atoms with van der Waals surface area (Å²) in [7, 11) is -4.15. The van der Waals surface area contributed by atoms with Crippen LogP contribution in [0.1, 0.15) is 5.56 Å². The largest absolute Gasteiger partial charge is 0.375 e. The Morgan fingerprint density at radius 2 is 2.00 bits per heavy atom. The molecule has 0 aliphatic heterocycles. The highest BCUT2D eigenvalue weighted by Crippen LogP contribution is 2.08. The summed E-state index contributed by atoms with van der Waals surface area (Å²) >= 11 is 4.52. The Bertz CT molecular complexity index is 508. The predicted octanol–water partition coefficient (Wildman–Crippen LogP) is 0.100. The zero-order valence-electron chi connectivity index (χ0n) is 7.99. The normalized spacial score (nSPS) is 11.6. The minimum Gasteiger partial charge on any atom is -0.375 e. The summed E-state index contributed by atoms with van der Waals surface area (Å²) in [5, 5.41) is 3.71. The molecule has 0 heterocycles. The van der Waals surface area contributed by atoms with E-state index < -0.39 is 10.1 Å². The van der Waals surface area contributed by atoms with Crippen molar-refractivity contribution in [3.05, 3.63) is 29.8 Å². The first kappa shape index (κ1) is 12.6. The molecule has 0 aliphatic rings. The Hall–Kier alpha value is -1.51. The molecule has 0 bridgehead atoms. The van der Waals surface area contributed by atoms with Gasteiger partial charge in [0.1, 0.15) is 0 Å². The Labute approximate surface area is 97.9 Å². The van der Waals surface area contributed by atoms with E-state index in [1.165, 1.54) is 30.5 Å². The van der Waals surface area contributed by atoms with Crippen LogP contribution in [0.2, 0.25) is 0 Å². The lowest BCUT2D eigenvalue weighted by Crippen LogP contribution is -2.23. The van der Waals surface area contributed by atoms with Crippen molar-refractivity contribution in [2.75, 3.05) is 0 Å². The molecule has 0 saturated carbocycles. The lowest BCUT2D eigenvalue weighted by Gasteiger charge is -1.97. The maximum absolute atomic E-state index is 10.7. The summed E-state index contributed by atoms with van der Waals surface area (Å²) in [6.07, 6.45) is 1.41. The van der Waals surface area contributed by atoms with Crippen molar-refractivity contribution in [3.63, 3.8) is 0 Å². The van der Waals surface area contributed by atoms with Crippen molar-refractivity contribution in [2.24, 2.45) is 10.8 Å². The molecular weight excluding hydrogens is 250 g/mol. The first-order valence-corrected chi connectivity index (χ1v) is 5.90. The number of thiocarbonyl (C=S) groups is 1. The van der Waals surface area contributed by atoms with Gasteiger partial charge in [-0.25, -0.2) is 0 Å². The molecule has 1 aromatic carbocycles. The first-order chi connectivity index (χ1) is 7.39. The molecule has 0 aliphatic carbocycles. The van der Waals surface area contributed by atoms with Gasteiger partial charge in [0, 0.05) is 0 Å². The molecule has 1 aromatic rings. The molecule has 8 heteroatoms. The highest BCUT2D eigenvalue weighted by molar-refractivity contribution is 7.85. The second-order valence-electron chi connectivity index (χ2n) is 2.78. The second kappa shape index (κ2) is 5.01. The fourth-order valence-corrected chi connectivity index (χ4v) is 1.43. The molecule has 16 heavy (non-hydrogen) atoms. The zero-order valence-corrected chi connectivity index (χ0v) is 9.62. The number of hydrazone groups is 1. The van der Waals surface area contributed by atoms with E-state index in [2.05, 4.69) is 22.7 Å². The molecule has 0 amide bonds. The Kier molecular flexibility index (Phi) is 3.93. The monoisotopic (exact) mass is 259 g/mol. The van der Waals surface area contributed by atoms with Gasteiger partial charge in [-0.05, 0) is 29.9 Å². The molecular formula is C8H9N3O3S2. The molecule has 4 N–H and O–H groups in total. The third-order valence-corrected chi connectivity index (χ3v) is 2.53. The van der Waals surface area contributed by atoms with E-state index in [1.54, 1.807) is 0 Å². The molecule has 0 fully saturated rings. The number of nitrogens with two attached hydrogens (primary N) is 1. The van der Waals surface area contributed by atoms with Crippen LogP contribution in [-0.2, 0) is 10.1 Å². The van der Waals surface area contributed by atoms with Crippen molar-refractivity contribution in [1.29, 1.82) is 0 Å². The van der Waals surface area contributed by atoms with E-state index in [1.807, 2.05) is 0 Å². The van der Waals surface area contributed by atoms with Crippen molar-refractivity contribution < 1.29 is 13.0 Å². The fourth-order valence-electron chi connectivity index (χ4n) is 0.896. The summed E-state index contributed by atoms with van der Waals surface area (Å²) in [5.74, 6) is 0. The first-order valence-electron chi connectivity index (χ1n) is 4.05. The van der Waals surface area contributed by atoms with Crippen LogP contribution in [0.15, 0.2) is 34.3 Å². The van der Waals surface area contributed by atoms with Gasteiger partial charge in [0.05, 0.1) is 11.1 Å². The van der Waals surface area contributed by atoms with Crippen molar-refractivity contribution in [2.45, 2.75) is 4.90 Å². The number of hydrogen-bond acceptors (Lipinski definition) is 4. The smallest absolute Gasteiger partial charge is 0.294 e. The number of benzene rings is 1. The molecule has 0 unspecified atom stereocenters. The van der Waals surface area contributed by atoms with Gasteiger partial charge in [0.2, 0.25) is 0 Å². The molecule has 0 saturated heterocycles. The standard InChI is InChI=1S/C8H9N3O3S2/c9-8(15)11-10-5-6-1-3-7(4-2-6)16(12,13)14/h1-5H,(H3,9,11,15)(H,12,13,14)/b10-5+. The van der Waals surface area contributed by atoms with Gasteiger partial charge in [-0.15, -0.1) is 0 Å². The maximum Gasteiger partial charge on any atom is 0.294 e. The molecule has 86 valence electrons. The van der Waals surface area contributed by atoms with Crippen LogP contribution < -0.4 is 11.2 Å². The molecule has 0 spiro atoms. The van der Waals surface area contributed by atoms with E-state index >= 15 is 0 Å². The van der Waals surface area contributed by atoms with E-state index in [-0.39, 0.29) is 10.0 Å². The highest BCUT2D eigenvalue weighted by atomic mass is 32.2. The highest BCUT2D eigenvalue weighted by Gasteiger charge is 2.07. The third kappa shape index (κ3) is 3.93. The second-order valence-corrected chi connectivity index (χ2v) is 4.64. The van der Waals surface area contributed by atoms with Crippen LogP contribution in [0.4, 0.5) is 0 Å². The summed E-state index contributed by atoms with van der Waals surface area (Å²) in [5.41, 5.74) is 8.12. The number of nitrogens with zero attached hydrogens (tertiary/aromatic N) is 1. The van der Waals surface area contributed by atoms with Gasteiger partial charge >= 0.3 is 0 Å². The summed E-state index contributed by atoms with van der Waals surface area (Å²) < 4.78 is 30.2. The molecule has 6 nitrogen and oxygen atoms in total. The number of rotatable bonds is 3. The third-order valence-electron chi connectivity index (χ3n) is 1.57. The summed E-state index contributed by atoms with van der Waals surface area (Å²) in [6.45, 7) is 0. The summed E-state index contributed by atoms with van der Waals surface area (Å²) in [4.78, 5) is -0.174. The minimum atomic E-state index is -4.15. The lowest BCUT2D eigenvalue weighted by atomic mass is 10.2.